The van der Waals surface area contributed by atoms with Crippen LogP contribution in [0.25, 0.3) is 0 Å². The van der Waals surface area contributed by atoms with E-state index in [0.29, 0.717) is 13.0 Å². The van der Waals surface area contributed by atoms with Gasteiger partial charge in [0.05, 0.1) is 12.8 Å². The molecule has 6 nitrogen and oxygen atoms in total. The molecule has 0 saturated carbocycles. The minimum Gasteiger partial charge on any atom is -0.489 e. The number of benzene rings is 2. The maximum absolute atomic E-state index is 11.9. The second-order valence-electron chi connectivity index (χ2n) is 8.99. The van der Waals surface area contributed by atoms with Crippen LogP contribution >= 0.6 is 0 Å². The molecule has 0 spiro atoms. The average molecular weight is 480 g/mol. The number of hydrogen-bond donors (Lipinski definition) is 2. The summed E-state index contributed by atoms with van der Waals surface area (Å²) in [6.45, 7) is 4.73. The van der Waals surface area contributed by atoms with Crippen LogP contribution in [0.3, 0.4) is 0 Å². The first kappa shape index (κ1) is 28.1. The molecule has 2 amide bonds. The van der Waals surface area contributed by atoms with E-state index in [9.17, 15) is 9.59 Å². The normalized spacial score (nSPS) is 10.9. The van der Waals surface area contributed by atoms with E-state index in [1.54, 1.807) is 6.21 Å². The van der Waals surface area contributed by atoms with E-state index >= 15 is 0 Å². The smallest absolute Gasteiger partial charge is 0.259 e. The van der Waals surface area contributed by atoms with Crippen LogP contribution in [0.5, 0.6) is 5.75 Å². The monoisotopic (exact) mass is 479 g/mol. The van der Waals surface area contributed by atoms with Crippen molar-refractivity contribution in [3.8, 4) is 5.75 Å². The molecule has 2 N–H and O–H groups in total. The van der Waals surface area contributed by atoms with E-state index in [1.165, 1.54) is 50.5 Å². The number of carbonyl (C=O) groups is 2. The zero-order valence-corrected chi connectivity index (χ0v) is 21.4. The molecule has 0 fully saturated rings. The molecule has 0 unspecified atom stereocenters. The summed E-state index contributed by atoms with van der Waals surface area (Å²) < 4.78 is 5.79. The van der Waals surface area contributed by atoms with Crippen molar-refractivity contribution in [2.75, 3.05) is 6.54 Å². The fourth-order valence-electron chi connectivity index (χ4n) is 3.58. The van der Waals surface area contributed by atoms with Gasteiger partial charge >= 0.3 is 0 Å². The molecule has 0 aliphatic rings. The van der Waals surface area contributed by atoms with Crippen molar-refractivity contribution in [2.24, 2.45) is 5.10 Å². The number of nitrogens with zero attached hydrogens (tertiary/aromatic N) is 1. The van der Waals surface area contributed by atoms with Gasteiger partial charge in [0.1, 0.15) is 12.4 Å². The Hall–Kier alpha value is -3.15. The Morgan fingerprint density at radius 2 is 1.46 bits per heavy atom. The van der Waals surface area contributed by atoms with Crippen LogP contribution in [0.15, 0.2) is 53.6 Å². The van der Waals surface area contributed by atoms with Gasteiger partial charge in [-0.15, -0.1) is 0 Å². The molecular weight excluding hydrogens is 438 g/mol. The highest BCUT2D eigenvalue weighted by Gasteiger charge is 2.05. The van der Waals surface area contributed by atoms with Crippen LogP contribution in [0.1, 0.15) is 87.8 Å². The zero-order chi connectivity index (χ0) is 25.1. The van der Waals surface area contributed by atoms with E-state index in [-0.39, 0.29) is 18.4 Å². The lowest BCUT2D eigenvalue weighted by molar-refractivity contribution is -0.126. The number of nitrogens with one attached hydrogen (secondary N) is 2. The highest BCUT2D eigenvalue weighted by atomic mass is 16.5. The number of hydrazone groups is 1. The van der Waals surface area contributed by atoms with Gasteiger partial charge in [-0.05, 0) is 48.7 Å². The molecule has 2 aromatic rings. The predicted molar refractivity (Wildman–Crippen MR) is 143 cm³/mol. The van der Waals surface area contributed by atoms with E-state index in [1.807, 2.05) is 24.3 Å². The van der Waals surface area contributed by atoms with Gasteiger partial charge in [-0.2, -0.15) is 5.10 Å². The largest absolute Gasteiger partial charge is 0.489 e. The van der Waals surface area contributed by atoms with Gasteiger partial charge in [0.2, 0.25) is 5.91 Å². The maximum atomic E-state index is 11.9. The first-order valence-corrected chi connectivity index (χ1v) is 12.9. The molecule has 0 bridgehead atoms. The first-order valence-electron chi connectivity index (χ1n) is 12.9. The molecular formula is C29H41N3O3. The topological polar surface area (TPSA) is 79.8 Å². The maximum Gasteiger partial charge on any atom is 0.259 e. The quantitative estimate of drug-likeness (QED) is 0.164. The molecule has 0 aromatic heterocycles. The van der Waals surface area contributed by atoms with Crippen molar-refractivity contribution in [3.05, 3.63) is 65.2 Å². The minimum atomic E-state index is -0.347. The van der Waals surface area contributed by atoms with Crippen LogP contribution < -0.4 is 15.5 Å². The van der Waals surface area contributed by atoms with Crippen LogP contribution in [0.4, 0.5) is 0 Å². The highest BCUT2D eigenvalue weighted by Crippen LogP contribution is 2.14. The Morgan fingerprint density at radius 3 is 2.11 bits per heavy atom. The summed E-state index contributed by atoms with van der Waals surface area (Å²) in [4.78, 5) is 23.8. The van der Waals surface area contributed by atoms with Gasteiger partial charge in [0.25, 0.3) is 5.91 Å². The van der Waals surface area contributed by atoms with E-state index < -0.39 is 0 Å². The molecule has 190 valence electrons. The summed E-state index contributed by atoms with van der Waals surface area (Å²) in [5.74, 6) is 0.328. The SMILES string of the molecule is CCCCCCCCCCCC(=O)NCC(=O)N/N=C/c1ccc(OCc2ccc(C)cc2)cc1. The van der Waals surface area contributed by atoms with Crippen LogP contribution in [-0.2, 0) is 16.2 Å². The van der Waals surface area contributed by atoms with Crippen LogP contribution in [0, 0.1) is 6.92 Å². The van der Waals surface area contributed by atoms with Gasteiger partial charge in [0, 0.05) is 6.42 Å². The number of amides is 2. The number of ether oxygens (including phenoxy) is 1. The third-order valence-electron chi connectivity index (χ3n) is 5.76. The van der Waals surface area contributed by atoms with Crippen molar-refractivity contribution < 1.29 is 14.3 Å². The molecule has 2 aromatic carbocycles. The van der Waals surface area contributed by atoms with Crippen molar-refractivity contribution in [3.63, 3.8) is 0 Å². The molecule has 0 aliphatic heterocycles. The highest BCUT2D eigenvalue weighted by molar-refractivity contribution is 5.86. The molecule has 0 atom stereocenters. The number of aryl methyl sites for hydroxylation is 1. The summed E-state index contributed by atoms with van der Waals surface area (Å²) in [7, 11) is 0. The molecule has 0 heterocycles. The fourth-order valence-corrected chi connectivity index (χ4v) is 3.58. The van der Waals surface area contributed by atoms with Gasteiger partial charge in [-0.25, -0.2) is 5.43 Å². The Morgan fingerprint density at radius 1 is 0.829 bits per heavy atom. The number of rotatable bonds is 17. The molecule has 0 aliphatic carbocycles. The van der Waals surface area contributed by atoms with E-state index in [0.717, 1.165) is 29.7 Å². The third-order valence-corrected chi connectivity index (χ3v) is 5.76. The lowest BCUT2D eigenvalue weighted by Crippen LogP contribution is -2.34. The Kier molecular flexibility index (Phi) is 13.9. The first-order chi connectivity index (χ1) is 17.1. The van der Waals surface area contributed by atoms with Crippen molar-refractivity contribution in [1.29, 1.82) is 0 Å². The number of unbranched alkanes of at least 4 members (excludes halogenated alkanes) is 8. The molecule has 35 heavy (non-hydrogen) atoms. The average Bonchev–Trinajstić information content (AvgIpc) is 2.87. The summed E-state index contributed by atoms with van der Waals surface area (Å²) in [5.41, 5.74) is 5.62. The summed E-state index contributed by atoms with van der Waals surface area (Å²) in [6, 6.07) is 15.7. The van der Waals surface area contributed by atoms with Crippen LogP contribution in [0.2, 0.25) is 0 Å². The lowest BCUT2D eigenvalue weighted by Gasteiger charge is -2.07. The Balaban J connectivity index is 1.53. The van der Waals surface area contributed by atoms with Gasteiger partial charge in [0.15, 0.2) is 0 Å². The van der Waals surface area contributed by atoms with Crippen molar-refractivity contribution in [1.82, 2.24) is 10.7 Å². The molecule has 0 radical (unpaired) electrons. The Labute approximate surface area is 210 Å². The fraction of sp³-hybridized carbons (Fsp3) is 0.483. The standard InChI is InChI=1S/C29H41N3O3/c1-3-4-5-6-7-8-9-10-11-12-28(33)30-22-29(34)32-31-21-25-17-19-27(20-18-25)35-23-26-15-13-24(2)14-16-26/h13-21H,3-12,22-23H2,1-2H3,(H,30,33)(H,32,34)/b31-21+. The second-order valence-corrected chi connectivity index (χ2v) is 8.99. The van der Waals surface area contributed by atoms with Gasteiger partial charge < -0.3 is 10.1 Å². The molecule has 2 rings (SSSR count). The second kappa shape index (κ2) is 17.3. The molecule has 0 saturated heterocycles. The van der Waals surface area contributed by atoms with E-state index in [4.69, 9.17) is 4.74 Å². The summed E-state index contributed by atoms with van der Waals surface area (Å²) >= 11 is 0. The number of carbonyl (C=O) groups excluding carboxylic acids is 2. The van der Waals surface area contributed by atoms with Crippen molar-refractivity contribution >= 4 is 18.0 Å². The van der Waals surface area contributed by atoms with E-state index in [2.05, 4.69) is 54.0 Å². The predicted octanol–water partition coefficient (Wildman–Crippen LogP) is 6.06. The summed E-state index contributed by atoms with van der Waals surface area (Å²) in [5, 5.41) is 6.61. The van der Waals surface area contributed by atoms with Gasteiger partial charge in [-0.1, -0.05) is 88.1 Å². The van der Waals surface area contributed by atoms with Crippen LogP contribution in [-0.4, -0.2) is 24.6 Å². The molecule has 6 heteroatoms. The lowest BCUT2D eigenvalue weighted by atomic mass is 10.1. The number of hydrogen-bond acceptors (Lipinski definition) is 4. The third kappa shape index (κ3) is 13.4. The Bertz CT molecular complexity index is 892. The minimum absolute atomic E-state index is 0.0700. The van der Waals surface area contributed by atoms with Crippen molar-refractivity contribution in [2.45, 2.75) is 84.7 Å². The summed E-state index contributed by atoms with van der Waals surface area (Å²) in [6.07, 6.45) is 12.9. The zero-order valence-electron chi connectivity index (χ0n) is 21.4. The van der Waals surface area contributed by atoms with Gasteiger partial charge in [-0.3, -0.25) is 9.59 Å².